The van der Waals surface area contributed by atoms with Crippen molar-refractivity contribution in [1.82, 2.24) is 9.88 Å². The Hall–Kier alpha value is -2.98. The standard InChI is InChI=1S/C21H21FN4O3S2/c1-15-14-18(6-7-19(15)22)31(28,29)24-17-4-2-16(3-5-17)20(27)25-9-11-26(12-10-25)21-23-8-13-30-21/h2-8,13-14,24H,9-12H2,1H3. The van der Waals surface area contributed by atoms with Crippen molar-refractivity contribution in [1.29, 1.82) is 0 Å². The second kappa shape index (κ2) is 8.64. The number of amides is 1. The van der Waals surface area contributed by atoms with E-state index in [-0.39, 0.29) is 16.4 Å². The Morgan fingerprint density at radius 3 is 2.42 bits per heavy atom. The summed E-state index contributed by atoms with van der Waals surface area (Å²) in [7, 11) is -3.86. The molecule has 31 heavy (non-hydrogen) atoms. The smallest absolute Gasteiger partial charge is 0.261 e. The fourth-order valence-electron chi connectivity index (χ4n) is 3.33. The number of rotatable bonds is 5. The molecule has 2 heterocycles. The number of hydrogen-bond acceptors (Lipinski definition) is 6. The fourth-order valence-corrected chi connectivity index (χ4v) is 5.17. The Kier molecular flexibility index (Phi) is 5.92. The lowest BCUT2D eigenvalue weighted by Gasteiger charge is -2.34. The number of aromatic nitrogens is 1. The lowest BCUT2D eigenvalue weighted by molar-refractivity contribution is 0.0747. The maximum Gasteiger partial charge on any atom is 0.261 e. The number of carbonyl (C=O) groups excluding carboxylic acids is 1. The van der Waals surface area contributed by atoms with Gasteiger partial charge in [-0.1, -0.05) is 0 Å². The Bertz CT molecular complexity index is 1170. The molecule has 2 aromatic carbocycles. The van der Waals surface area contributed by atoms with E-state index < -0.39 is 15.8 Å². The van der Waals surface area contributed by atoms with Gasteiger partial charge < -0.3 is 9.80 Å². The second-order valence-electron chi connectivity index (χ2n) is 7.19. The molecule has 0 radical (unpaired) electrons. The number of sulfonamides is 1. The summed E-state index contributed by atoms with van der Waals surface area (Å²) in [5.74, 6) is -0.559. The molecule has 1 aliphatic heterocycles. The first-order valence-electron chi connectivity index (χ1n) is 9.66. The van der Waals surface area contributed by atoms with Crippen LogP contribution in [0.4, 0.5) is 15.2 Å². The molecule has 0 atom stereocenters. The lowest BCUT2D eigenvalue weighted by Crippen LogP contribution is -2.48. The quantitative estimate of drug-likeness (QED) is 0.631. The zero-order chi connectivity index (χ0) is 22.0. The van der Waals surface area contributed by atoms with Crippen LogP contribution in [-0.2, 0) is 10.0 Å². The highest BCUT2D eigenvalue weighted by molar-refractivity contribution is 7.92. The van der Waals surface area contributed by atoms with Crippen LogP contribution in [-0.4, -0.2) is 50.4 Å². The van der Waals surface area contributed by atoms with Crippen LogP contribution in [0.25, 0.3) is 0 Å². The summed E-state index contributed by atoms with van der Waals surface area (Å²) in [5.41, 5.74) is 1.06. The zero-order valence-corrected chi connectivity index (χ0v) is 18.4. The molecule has 1 fully saturated rings. The number of nitrogens with zero attached hydrogens (tertiary/aromatic N) is 3. The number of halogens is 1. The molecule has 0 aliphatic carbocycles. The highest BCUT2D eigenvalue weighted by Crippen LogP contribution is 2.21. The van der Waals surface area contributed by atoms with Gasteiger partial charge in [0.05, 0.1) is 4.90 Å². The first-order chi connectivity index (χ1) is 14.8. The normalized spacial score (nSPS) is 14.5. The number of thiazole rings is 1. The van der Waals surface area contributed by atoms with E-state index in [1.807, 2.05) is 5.38 Å². The third-order valence-electron chi connectivity index (χ3n) is 5.08. The van der Waals surface area contributed by atoms with Gasteiger partial charge in [-0.05, 0) is 55.0 Å². The van der Waals surface area contributed by atoms with Crippen LogP contribution in [0.15, 0.2) is 58.9 Å². The van der Waals surface area contributed by atoms with Crippen molar-refractivity contribution in [3.8, 4) is 0 Å². The highest BCUT2D eigenvalue weighted by atomic mass is 32.2. The van der Waals surface area contributed by atoms with Gasteiger partial charge in [0.1, 0.15) is 5.82 Å². The average molecular weight is 461 g/mol. The molecule has 3 aromatic rings. The van der Waals surface area contributed by atoms with Gasteiger partial charge in [0, 0.05) is 49.0 Å². The molecule has 0 bridgehead atoms. The van der Waals surface area contributed by atoms with Crippen LogP contribution >= 0.6 is 11.3 Å². The third-order valence-corrected chi connectivity index (χ3v) is 7.29. The molecule has 162 valence electrons. The van der Waals surface area contributed by atoms with Gasteiger partial charge in [0.2, 0.25) is 0 Å². The Labute approximate surface area is 184 Å². The van der Waals surface area contributed by atoms with Crippen LogP contribution in [0.3, 0.4) is 0 Å². The summed E-state index contributed by atoms with van der Waals surface area (Å²) < 4.78 is 41.0. The number of anilines is 2. The van der Waals surface area contributed by atoms with Crippen molar-refractivity contribution in [3.05, 3.63) is 71.0 Å². The second-order valence-corrected chi connectivity index (χ2v) is 9.74. The highest BCUT2D eigenvalue weighted by Gasteiger charge is 2.23. The van der Waals surface area contributed by atoms with E-state index in [9.17, 15) is 17.6 Å². The number of piperazine rings is 1. The number of benzene rings is 2. The maximum absolute atomic E-state index is 13.4. The molecule has 1 aliphatic rings. The van der Waals surface area contributed by atoms with Crippen molar-refractivity contribution in [2.24, 2.45) is 0 Å². The molecule has 0 spiro atoms. The molecule has 1 saturated heterocycles. The summed E-state index contributed by atoms with van der Waals surface area (Å²) in [6, 6.07) is 9.92. The molecule has 0 saturated carbocycles. The first-order valence-corrected chi connectivity index (χ1v) is 12.0. The first kappa shape index (κ1) is 21.3. The van der Waals surface area contributed by atoms with E-state index >= 15 is 0 Å². The number of aryl methyl sites for hydroxylation is 1. The number of nitrogens with one attached hydrogen (secondary N) is 1. The lowest BCUT2D eigenvalue weighted by atomic mass is 10.1. The van der Waals surface area contributed by atoms with Crippen LogP contribution in [0, 0.1) is 12.7 Å². The van der Waals surface area contributed by atoms with Gasteiger partial charge in [0.15, 0.2) is 5.13 Å². The van der Waals surface area contributed by atoms with Crippen LogP contribution in [0.2, 0.25) is 0 Å². The monoisotopic (exact) mass is 460 g/mol. The van der Waals surface area contributed by atoms with E-state index in [0.29, 0.717) is 37.4 Å². The van der Waals surface area contributed by atoms with Crippen molar-refractivity contribution in [2.45, 2.75) is 11.8 Å². The SMILES string of the molecule is Cc1cc(S(=O)(=O)Nc2ccc(C(=O)N3CCN(c4nccs4)CC3)cc2)ccc1F. The summed E-state index contributed by atoms with van der Waals surface area (Å²) in [6.07, 6.45) is 1.77. The van der Waals surface area contributed by atoms with Crippen molar-refractivity contribution < 1.29 is 17.6 Å². The minimum absolute atomic E-state index is 0.0235. The molecule has 1 aromatic heterocycles. The molecule has 1 N–H and O–H groups in total. The minimum Gasteiger partial charge on any atom is -0.345 e. The van der Waals surface area contributed by atoms with Gasteiger partial charge in [-0.25, -0.2) is 17.8 Å². The maximum atomic E-state index is 13.4. The fraction of sp³-hybridized carbons (Fsp3) is 0.238. The van der Waals surface area contributed by atoms with Crippen LogP contribution in [0.1, 0.15) is 15.9 Å². The summed E-state index contributed by atoms with van der Waals surface area (Å²) in [5, 5.41) is 2.89. The predicted octanol–water partition coefficient (Wildman–Crippen LogP) is 3.35. The Balaban J connectivity index is 1.40. The van der Waals surface area contributed by atoms with Crippen molar-refractivity contribution in [2.75, 3.05) is 35.8 Å². The number of carbonyl (C=O) groups is 1. The van der Waals surface area contributed by atoms with E-state index in [4.69, 9.17) is 0 Å². The Morgan fingerprint density at radius 2 is 1.81 bits per heavy atom. The van der Waals surface area contributed by atoms with E-state index in [1.165, 1.54) is 19.1 Å². The van der Waals surface area contributed by atoms with Crippen LogP contribution < -0.4 is 9.62 Å². The summed E-state index contributed by atoms with van der Waals surface area (Å²) in [4.78, 5) is 21.0. The van der Waals surface area contributed by atoms with E-state index in [1.54, 1.807) is 46.7 Å². The molecular weight excluding hydrogens is 439 g/mol. The molecule has 4 rings (SSSR count). The zero-order valence-electron chi connectivity index (χ0n) is 16.8. The molecular formula is C21H21FN4O3S2. The van der Waals surface area contributed by atoms with E-state index in [0.717, 1.165) is 11.2 Å². The van der Waals surface area contributed by atoms with Gasteiger partial charge in [-0.2, -0.15) is 0 Å². The predicted molar refractivity (Wildman–Crippen MR) is 119 cm³/mol. The molecule has 7 nitrogen and oxygen atoms in total. The third kappa shape index (κ3) is 4.70. The van der Waals surface area contributed by atoms with Gasteiger partial charge in [0.25, 0.3) is 15.9 Å². The molecule has 0 unspecified atom stereocenters. The topological polar surface area (TPSA) is 82.6 Å². The minimum atomic E-state index is -3.86. The van der Waals surface area contributed by atoms with Crippen molar-refractivity contribution >= 4 is 38.1 Å². The summed E-state index contributed by atoms with van der Waals surface area (Å²) >= 11 is 1.58. The summed E-state index contributed by atoms with van der Waals surface area (Å²) in [6.45, 7) is 4.13. The molecule has 10 heteroatoms. The van der Waals surface area contributed by atoms with E-state index in [2.05, 4.69) is 14.6 Å². The van der Waals surface area contributed by atoms with Crippen molar-refractivity contribution in [3.63, 3.8) is 0 Å². The average Bonchev–Trinajstić information content (AvgIpc) is 3.30. The Morgan fingerprint density at radius 1 is 1.10 bits per heavy atom. The van der Waals surface area contributed by atoms with Gasteiger partial charge >= 0.3 is 0 Å². The van der Waals surface area contributed by atoms with Crippen LogP contribution in [0.5, 0.6) is 0 Å². The van der Waals surface area contributed by atoms with Gasteiger partial charge in [-0.15, -0.1) is 11.3 Å². The van der Waals surface area contributed by atoms with Gasteiger partial charge in [-0.3, -0.25) is 9.52 Å². The largest absolute Gasteiger partial charge is 0.345 e. The number of hydrogen-bond donors (Lipinski definition) is 1. The molecule has 1 amide bonds.